The SMILES string of the molecule is Cc1[c-]cccc1.[Cl][Ni].c1ccc(P(c2ccccc2)c2ccccc2)cc1.c1ccc(P(c2ccccc2)c2ccccc2)cc1. The van der Waals surface area contributed by atoms with Crippen LogP contribution in [-0.4, -0.2) is 0 Å². The monoisotopic (exact) mass is 708 g/mol. The van der Waals surface area contributed by atoms with Crippen molar-refractivity contribution in [1.82, 2.24) is 0 Å². The van der Waals surface area contributed by atoms with Gasteiger partial charge in [-0.1, -0.05) is 189 Å². The van der Waals surface area contributed by atoms with Gasteiger partial charge in [-0.25, -0.2) is 0 Å². The Balaban J connectivity index is 0.000000170. The molecule has 7 aromatic rings. The molecule has 0 radical (unpaired) electrons. The average Bonchev–Trinajstić information content (AvgIpc) is 3.16. The van der Waals surface area contributed by atoms with E-state index >= 15 is 0 Å². The summed E-state index contributed by atoms with van der Waals surface area (Å²) < 4.78 is 0. The maximum absolute atomic E-state index is 4.26. The third-order valence-corrected chi connectivity index (χ3v) is 11.8. The van der Waals surface area contributed by atoms with Gasteiger partial charge >= 0.3 is 24.8 Å². The van der Waals surface area contributed by atoms with E-state index in [1.807, 2.05) is 31.2 Å². The van der Waals surface area contributed by atoms with E-state index in [9.17, 15) is 0 Å². The molecule has 0 nitrogen and oxygen atoms in total. The Bertz CT molecular complexity index is 1470. The second-order valence-electron chi connectivity index (χ2n) is 10.2. The van der Waals surface area contributed by atoms with Crippen LogP contribution in [-0.2, 0) is 14.6 Å². The number of rotatable bonds is 6. The van der Waals surface area contributed by atoms with Gasteiger partial charge in [0.25, 0.3) is 0 Å². The van der Waals surface area contributed by atoms with Crippen LogP contribution >= 0.6 is 26.0 Å². The van der Waals surface area contributed by atoms with Gasteiger partial charge in [-0.3, -0.25) is 0 Å². The van der Waals surface area contributed by atoms with E-state index in [4.69, 9.17) is 0 Å². The maximum Gasteiger partial charge on any atom is -0.0134 e. The molecule has 0 aliphatic rings. The van der Waals surface area contributed by atoms with Crippen LogP contribution in [0.2, 0.25) is 0 Å². The molecular formula is C43H37ClNiP2-. The molecule has 0 saturated heterocycles. The van der Waals surface area contributed by atoms with Gasteiger partial charge in [0.1, 0.15) is 0 Å². The number of hydrogen-bond donors (Lipinski definition) is 0. The second-order valence-corrected chi connectivity index (χ2v) is 14.7. The van der Waals surface area contributed by atoms with E-state index in [-0.39, 0.29) is 0 Å². The zero-order chi connectivity index (χ0) is 32.9. The maximum atomic E-state index is 4.26. The molecule has 0 aliphatic heterocycles. The predicted octanol–water partition coefficient (Wildman–Crippen LogP) is 9.37. The topological polar surface area (TPSA) is 0 Å². The third-order valence-electron chi connectivity index (χ3n) is 6.95. The number of aryl methyl sites for hydroxylation is 1. The molecule has 0 unspecified atom stereocenters. The van der Waals surface area contributed by atoms with Crippen LogP contribution in [0, 0.1) is 13.0 Å². The Kier molecular flexibility index (Phi) is 16.2. The summed E-state index contributed by atoms with van der Waals surface area (Å²) >= 11 is 3.35. The van der Waals surface area contributed by atoms with Gasteiger partial charge in [-0.05, 0) is 47.7 Å². The standard InChI is InChI=1S/2C18H15P.C7H7.ClH.Ni/c2*1-4-10-16(11-5-1)19(17-12-6-2-7-13-17)18-14-8-3-9-15-18;1-7-5-3-2-4-6-7;;/h2*1-15H;2-5H,1H3;1H;/q;;-1;;+1/p-1. The van der Waals surface area contributed by atoms with Gasteiger partial charge in [-0.15, -0.1) is 0 Å². The summed E-state index contributed by atoms with van der Waals surface area (Å²) in [5.41, 5.74) is 1.20. The van der Waals surface area contributed by atoms with Crippen LogP contribution < -0.4 is 31.8 Å². The molecule has 0 amide bonds. The summed E-state index contributed by atoms with van der Waals surface area (Å²) in [6.07, 6.45) is 0. The first kappa shape index (κ1) is 36.0. The van der Waals surface area contributed by atoms with E-state index in [1.165, 1.54) is 37.4 Å². The normalized spacial score (nSPS) is 10.0. The molecule has 47 heavy (non-hydrogen) atoms. The van der Waals surface area contributed by atoms with Crippen LogP contribution in [0.25, 0.3) is 0 Å². The summed E-state index contributed by atoms with van der Waals surface area (Å²) in [5, 5.41) is 8.39. The number of halogens is 1. The van der Waals surface area contributed by atoms with E-state index in [1.54, 1.807) is 0 Å². The molecule has 0 aromatic heterocycles. The van der Waals surface area contributed by atoms with Crippen LogP contribution in [0.1, 0.15) is 5.56 Å². The van der Waals surface area contributed by atoms with Gasteiger partial charge in [0.15, 0.2) is 0 Å². The van der Waals surface area contributed by atoms with Crippen molar-refractivity contribution in [3.63, 3.8) is 0 Å². The molecule has 4 heteroatoms. The van der Waals surface area contributed by atoms with Gasteiger partial charge < -0.3 is 0 Å². The van der Waals surface area contributed by atoms with E-state index in [0.717, 1.165) is 0 Å². The fourth-order valence-corrected chi connectivity index (χ4v) is 9.45. The molecule has 237 valence electrons. The average molecular weight is 710 g/mol. The third kappa shape index (κ3) is 11.7. The molecule has 0 N–H and O–H groups in total. The fraction of sp³-hybridized carbons (Fsp3) is 0.0233. The van der Waals surface area contributed by atoms with Crippen molar-refractivity contribution >= 4 is 57.9 Å². The van der Waals surface area contributed by atoms with Crippen molar-refractivity contribution in [2.45, 2.75) is 6.92 Å². The molecular weight excluding hydrogens is 673 g/mol. The Morgan fingerprint density at radius 3 is 0.702 bits per heavy atom. The van der Waals surface area contributed by atoms with Crippen molar-refractivity contribution in [2.24, 2.45) is 0 Å². The second kappa shape index (κ2) is 21.1. The summed E-state index contributed by atoms with van der Waals surface area (Å²) in [4.78, 5) is 0. The Morgan fingerprint density at radius 1 is 0.340 bits per heavy atom. The van der Waals surface area contributed by atoms with E-state index < -0.39 is 15.8 Å². The molecule has 0 heterocycles. The van der Waals surface area contributed by atoms with Crippen molar-refractivity contribution in [1.29, 1.82) is 0 Å². The molecule has 7 rings (SSSR count). The van der Waals surface area contributed by atoms with Gasteiger partial charge in [0.05, 0.1) is 0 Å². The molecule has 0 saturated carbocycles. The van der Waals surface area contributed by atoms with Crippen LogP contribution in [0.4, 0.5) is 0 Å². The summed E-state index contributed by atoms with van der Waals surface area (Å²) in [7, 11) is 3.37. The van der Waals surface area contributed by atoms with Gasteiger partial charge in [0.2, 0.25) is 0 Å². The minimum atomic E-state index is -0.446. The van der Waals surface area contributed by atoms with Crippen molar-refractivity contribution < 1.29 is 14.6 Å². The first-order valence-electron chi connectivity index (χ1n) is 15.3. The number of benzene rings is 7. The van der Waals surface area contributed by atoms with Crippen LogP contribution in [0.5, 0.6) is 0 Å². The quantitative estimate of drug-likeness (QED) is 0.0918. The zero-order valence-electron chi connectivity index (χ0n) is 26.2. The van der Waals surface area contributed by atoms with Gasteiger partial charge in [0, 0.05) is 0 Å². The predicted molar refractivity (Wildman–Crippen MR) is 206 cm³/mol. The molecule has 0 fully saturated rings. The minimum Gasteiger partial charge on any atom is -0.0622 e. The van der Waals surface area contributed by atoms with Gasteiger partial charge in [-0.2, -0.15) is 35.9 Å². The number of hydrogen-bond acceptors (Lipinski definition) is 0. The summed E-state index contributed by atoms with van der Waals surface area (Å²) in [6, 6.07) is 75.6. The smallest absolute Gasteiger partial charge is 0.0134 e. The first-order chi connectivity index (χ1) is 23.3. The van der Waals surface area contributed by atoms with Crippen LogP contribution in [0.3, 0.4) is 0 Å². The molecule has 7 aromatic carbocycles. The fourth-order valence-electron chi connectivity index (χ4n) is 4.84. The Labute approximate surface area is 295 Å². The Morgan fingerprint density at radius 2 is 0.553 bits per heavy atom. The largest absolute Gasteiger partial charge is 0.0622 e. The van der Waals surface area contributed by atoms with Crippen LogP contribution in [0.15, 0.2) is 206 Å². The first-order valence-corrected chi connectivity index (χ1v) is 19.3. The van der Waals surface area contributed by atoms with Crippen molar-refractivity contribution in [3.8, 4) is 0 Å². The molecule has 0 aliphatic carbocycles. The summed E-state index contributed by atoms with van der Waals surface area (Å²) in [6.45, 7) is 2.03. The zero-order valence-corrected chi connectivity index (χ0v) is 29.8. The minimum absolute atomic E-state index is 0.446. The van der Waals surface area contributed by atoms with Crippen molar-refractivity contribution in [2.75, 3.05) is 0 Å². The van der Waals surface area contributed by atoms with Crippen molar-refractivity contribution in [3.05, 3.63) is 218 Å². The molecule has 0 atom stereocenters. The Hall–Kier alpha value is -3.82. The van der Waals surface area contributed by atoms with E-state index in [0.29, 0.717) is 0 Å². The van der Waals surface area contributed by atoms with E-state index in [2.05, 4.69) is 213 Å². The summed E-state index contributed by atoms with van der Waals surface area (Å²) in [5.74, 6) is 0. The molecule has 0 spiro atoms. The molecule has 0 bridgehead atoms.